The number of benzene rings is 2. The summed E-state index contributed by atoms with van der Waals surface area (Å²) in [5.41, 5.74) is -0.00715. The Balaban J connectivity index is 2.05. The second-order valence-corrected chi connectivity index (χ2v) is 5.06. The Kier molecular flexibility index (Phi) is 5.23. The summed E-state index contributed by atoms with van der Waals surface area (Å²) in [5, 5.41) is 2.48. The predicted octanol–water partition coefficient (Wildman–Crippen LogP) is 3.70. The van der Waals surface area contributed by atoms with E-state index in [9.17, 15) is 22.8 Å². The average Bonchev–Trinajstić information content (AvgIpc) is 2.53. The van der Waals surface area contributed by atoms with Crippen molar-refractivity contribution in [3.05, 3.63) is 60.2 Å². The number of halogens is 3. The van der Waals surface area contributed by atoms with Crippen LogP contribution in [-0.4, -0.2) is 18.4 Å². The standard InChI is InChI=1S/C17H15F3N2O2/c1-12(23)22(15-5-3-2-4-6-15)11-16(24)21-14-9-7-13(8-10-14)17(18,19)20/h2-10H,11H2,1H3,(H,21,24). The summed E-state index contributed by atoms with van der Waals surface area (Å²) in [6.45, 7) is 1.10. The Labute approximate surface area is 136 Å². The number of hydrogen-bond donors (Lipinski definition) is 1. The van der Waals surface area contributed by atoms with Gasteiger partial charge >= 0.3 is 6.18 Å². The van der Waals surface area contributed by atoms with Gasteiger partial charge in [0, 0.05) is 18.3 Å². The van der Waals surface area contributed by atoms with Crippen molar-refractivity contribution in [2.75, 3.05) is 16.8 Å². The first-order chi connectivity index (χ1) is 11.3. The first-order valence-corrected chi connectivity index (χ1v) is 7.07. The van der Waals surface area contributed by atoms with Crippen molar-refractivity contribution in [1.82, 2.24) is 0 Å². The summed E-state index contributed by atoms with van der Waals surface area (Å²) >= 11 is 0. The molecule has 0 atom stereocenters. The highest BCUT2D eigenvalue weighted by Crippen LogP contribution is 2.29. The Hall–Kier alpha value is -2.83. The molecule has 0 saturated carbocycles. The third kappa shape index (κ3) is 4.58. The Morgan fingerprint density at radius 1 is 1.00 bits per heavy atom. The summed E-state index contributed by atoms with van der Waals surface area (Å²) < 4.78 is 37.5. The van der Waals surface area contributed by atoms with E-state index < -0.39 is 17.6 Å². The molecule has 0 unspecified atom stereocenters. The second kappa shape index (κ2) is 7.16. The van der Waals surface area contributed by atoms with E-state index in [0.717, 1.165) is 12.1 Å². The van der Waals surface area contributed by atoms with Gasteiger partial charge in [-0.2, -0.15) is 13.2 Å². The molecule has 0 aromatic heterocycles. The molecule has 2 rings (SSSR count). The zero-order chi connectivity index (χ0) is 17.7. The topological polar surface area (TPSA) is 49.4 Å². The molecule has 0 fully saturated rings. The highest BCUT2D eigenvalue weighted by Gasteiger charge is 2.30. The van der Waals surface area contributed by atoms with E-state index in [1.54, 1.807) is 30.3 Å². The molecular weight excluding hydrogens is 321 g/mol. The van der Waals surface area contributed by atoms with Crippen LogP contribution in [-0.2, 0) is 15.8 Å². The first-order valence-electron chi connectivity index (χ1n) is 7.07. The first kappa shape index (κ1) is 17.5. The number of anilines is 2. The summed E-state index contributed by atoms with van der Waals surface area (Å²) in [7, 11) is 0. The van der Waals surface area contributed by atoms with Gasteiger partial charge in [0.25, 0.3) is 0 Å². The molecule has 0 radical (unpaired) electrons. The predicted molar refractivity (Wildman–Crippen MR) is 84.5 cm³/mol. The lowest BCUT2D eigenvalue weighted by Crippen LogP contribution is -2.36. The lowest BCUT2D eigenvalue weighted by Gasteiger charge is -2.20. The van der Waals surface area contributed by atoms with Crippen LogP contribution in [0.5, 0.6) is 0 Å². The molecule has 0 aliphatic carbocycles. The minimum absolute atomic E-state index is 0.226. The third-order valence-corrected chi connectivity index (χ3v) is 3.25. The molecule has 0 heterocycles. The van der Waals surface area contributed by atoms with Gasteiger partial charge in [0.15, 0.2) is 0 Å². The molecule has 2 aromatic rings. The number of alkyl halides is 3. The van der Waals surface area contributed by atoms with Gasteiger partial charge in [-0.15, -0.1) is 0 Å². The van der Waals surface area contributed by atoms with Crippen LogP contribution in [0.4, 0.5) is 24.5 Å². The van der Waals surface area contributed by atoms with Gasteiger partial charge in [-0.1, -0.05) is 18.2 Å². The smallest absolute Gasteiger partial charge is 0.325 e. The molecule has 0 aliphatic rings. The fraction of sp³-hybridized carbons (Fsp3) is 0.176. The normalized spacial score (nSPS) is 11.0. The van der Waals surface area contributed by atoms with Crippen molar-refractivity contribution in [3.8, 4) is 0 Å². The van der Waals surface area contributed by atoms with Gasteiger partial charge in [0.1, 0.15) is 6.54 Å². The number of carbonyl (C=O) groups excluding carboxylic acids is 2. The van der Waals surface area contributed by atoms with Crippen LogP contribution in [0.2, 0.25) is 0 Å². The van der Waals surface area contributed by atoms with Crippen LogP contribution in [0, 0.1) is 0 Å². The van der Waals surface area contributed by atoms with Crippen molar-refractivity contribution in [1.29, 1.82) is 0 Å². The van der Waals surface area contributed by atoms with E-state index in [1.807, 2.05) is 0 Å². The van der Waals surface area contributed by atoms with Crippen molar-refractivity contribution in [3.63, 3.8) is 0 Å². The van der Waals surface area contributed by atoms with E-state index in [4.69, 9.17) is 0 Å². The fourth-order valence-corrected chi connectivity index (χ4v) is 2.08. The lowest BCUT2D eigenvalue weighted by atomic mass is 10.2. The number of nitrogens with one attached hydrogen (secondary N) is 1. The van der Waals surface area contributed by atoms with Crippen molar-refractivity contribution < 1.29 is 22.8 Å². The third-order valence-electron chi connectivity index (χ3n) is 3.25. The zero-order valence-corrected chi connectivity index (χ0v) is 12.8. The summed E-state index contributed by atoms with van der Waals surface area (Å²) in [6.07, 6.45) is -4.43. The Bertz CT molecular complexity index is 713. The van der Waals surface area contributed by atoms with Gasteiger partial charge in [-0.25, -0.2) is 0 Å². The monoisotopic (exact) mass is 336 g/mol. The molecule has 2 amide bonds. The zero-order valence-electron chi connectivity index (χ0n) is 12.8. The van der Waals surface area contributed by atoms with Crippen molar-refractivity contribution >= 4 is 23.2 Å². The van der Waals surface area contributed by atoms with Gasteiger partial charge < -0.3 is 10.2 Å². The Morgan fingerprint density at radius 3 is 2.08 bits per heavy atom. The highest BCUT2D eigenvalue weighted by molar-refractivity contribution is 6.01. The summed E-state index contributed by atoms with van der Waals surface area (Å²) in [5.74, 6) is -0.822. The van der Waals surface area contributed by atoms with E-state index in [0.29, 0.717) is 5.69 Å². The summed E-state index contributed by atoms with van der Waals surface area (Å²) in [4.78, 5) is 25.0. The number of hydrogen-bond acceptors (Lipinski definition) is 2. The molecule has 0 bridgehead atoms. The quantitative estimate of drug-likeness (QED) is 0.925. The Morgan fingerprint density at radius 2 is 1.58 bits per heavy atom. The van der Waals surface area contributed by atoms with Crippen molar-refractivity contribution in [2.24, 2.45) is 0 Å². The van der Waals surface area contributed by atoms with Gasteiger partial charge in [-0.05, 0) is 36.4 Å². The maximum atomic E-state index is 12.5. The molecule has 1 N–H and O–H groups in total. The van der Waals surface area contributed by atoms with Crippen LogP contribution >= 0.6 is 0 Å². The largest absolute Gasteiger partial charge is 0.416 e. The molecule has 7 heteroatoms. The molecule has 0 spiro atoms. The van der Waals surface area contributed by atoms with Gasteiger partial charge in [0.05, 0.1) is 5.56 Å². The minimum Gasteiger partial charge on any atom is -0.325 e. The van der Waals surface area contributed by atoms with E-state index in [1.165, 1.54) is 24.0 Å². The molecular formula is C17H15F3N2O2. The summed E-state index contributed by atoms with van der Waals surface area (Å²) in [6, 6.07) is 12.7. The molecule has 0 aliphatic heterocycles. The maximum Gasteiger partial charge on any atom is 0.416 e. The molecule has 0 saturated heterocycles. The SMILES string of the molecule is CC(=O)N(CC(=O)Nc1ccc(C(F)(F)F)cc1)c1ccccc1. The van der Waals surface area contributed by atoms with E-state index in [2.05, 4.69) is 5.32 Å². The number of rotatable bonds is 4. The van der Waals surface area contributed by atoms with Crippen LogP contribution in [0.3, 0.4) is 0 Å². The highest BCUT2D eigenvalue weighted by atomic mass is 19.4. The number of amides is 2. The van der Waals surface area contributed by atoms with Crippen molar-refractivity contribution in [2.45, 2.75) is 13.1 Å². The molecule has 2 aromatic carbocycles. The van der Waals surface area contributed by atoms with E-state index in [-0.39, 0.29) is 18.1 Å². The van der Waals surface area contributed by atoms with Crippen LogP contribution in [0.15, 0.2) is 54.6 Å². The lowest BCUT2D eigenvalue weighted by molar-refractivity contribution is -0.137. The van der Waals surface area contributed by atoms with Crippen LogP contribution in [0.1, 0.15) is 12.5 Å². The van der Waals surface area contributed by atoms with E-state index >= 15 is 0 Å². The molecule has 126 valence electrons. The van der Waals surface area contributed by atoms with Gasteiger partial charge in [0.2, 0.25) is 11.8 Å². The van der Waals surface area contributed by atoms with Crippen LogP contribution in [0.25, 0.3) is 0 Å². The maximum absolute atomic E-state index is 12.5. The minimum atomic E-state index is -4.43. The molecule has 4 nitrogen and oxygen atoms in total. The molecule has 24 heavy (non-hydrogen) atoms. The van der Waals surface area contributed by atoms with Gasteiger partial charge in [-0.3, -0.25) is 9.59 Å². The number of nitrogens with zero attached hydrogens (tertiary/aromatic N) is 1. The second-order valence-electron chi connectivity index (χ2n) is 5.06. The number of carbonyl (C=O) groups is 2. The fourth-order valence-electron chi connectivity index (χ4n) is 2.08. The van der Waals surface area contributed by atoms with Crippen LogP contribution < -0.4 is 10.2 Å². The average molecular weight is 336 g/mol. The number of para-hydroxylation sites is 1.